The van der Waals surface area contributed by atoms with E-state index in [1.165, 1.54) is 0 Å². The summed E-state index contributed by atoms with van der Waals surface area (Å²) >= 11 is 0. The number of likely N-dealkylation sites (tertiary alicyclic amines) is 1. The van der Waals surface area contributed by atoms with E-state index >= 15 is 0 Å². The first-order valence-electron chi connectivity index (χ1n) is 9.71. The predicted octanol–water partition coefficient (Wildman–Crippen LogP) is 3.90. The monoisotopic (exact) mass is 366 g/mol. The summed E-state index contributed by atoms with van der Waals surface area (Å²) < 4.78 is 5.51. The van der Waals surface area contributed by atoms with Gasteiger partial charge in [-0.1, -0.05) is 38.1 Å². The molecule has 5 heteroatoms. The Kier molecular flexibility index (Phi) is 4.41. The molecule has 0 unspecified atom stereocenters. The lowest BCUT2D eigenvalue weighted by atomic mass is 9.75. The highest BCUT2D eigenvalue weighted by Gasteiger charge is 2.36. The number of aromatic nitrogens is 1. The summed E-state index contributed by atoms with van der Waals surface area (Å²) in [6.45, 7) is 8.02. The van der Waals surface area contributed by atoms with Crippen molar-refractivity contribution in [2.45, 2.75) is 46.5 Å². The summed E-state index contributed by atoms with van der Waals surface area (Å²) in [5, 5.41) is 4.15. The van der Waals surface area contributed by atoms with E-state index in [9.17, 15) is 9.59 Å². The lowest BCUT2D eigenvalue weighted by molar-refractivity contribution is 0.0787. The zero-order valence-electron chi connectivity index (χ0n) is 16.2. The average molecular weight is 366 g/mol. The summed E-state index contributed by atoms with van der Waals surface area (Å²) in [5.41, 5.74) is 3.11. The quantitative estimate of drug-likeness (QED) is 0.826. The smallest absolute Gasteiger partial charge is 0.253 e. The van der Waals surface area contributed by atoms with Gasteiger partial charge in [-0.3, -0.25) is 9.59 Å². The Morgan fingerprint density at radius 1 is 1.26 bits per heavy atom. The van der Waals surface area contributed by atoms with Crippen LogP contribution in [0.3, 0.4) is 0 Å². The summed E-state index contributed by atoms with van der Waals surface area (Å²) in [6, 6.07) is 7.63. The minimum Gasteiger partial charge on any atom is -0.360 e. The third-order valence-corrected chi connectivity index (χ3v) is 5.67. The first kappa shape index (κ1) is 18.0. The van der Waals surface area contributed by atoms with Gasteiger partial charge in [0.05, 0.1) is 11.3 Å². The molecule has 4 rings (SSSR count). The van der Waals surface area contributed by atoms with E-state index in [1.54, 1.807) is 0 Å². The molecule has 1 aromatic carbocycles. The van der Waals surface area contributed by atoms with Gasteiger partial charge in [-0.05, 0) is 41.9 Å². The third-order valence-electron chi connectivity index (χ3n) is 5.67. The first-order chi connectivity index (χ1) is 12.8. The predicted molar refractivity (Wildman–Crippen MR) is 102 cm³/mol. The molecule has 0 bridgehead atoms. The van der Waals surface area contributed by atoms with Crippen LogP contribution in [0.25, 0.3) is 0 Å². The van der Waals surface area contributed by atoms with Crippen molar-refractivity contribution >= 4 is 11.7 Å². The summed E-state index contributed by atoms with van der Waals surface area (Å²) in [5.74, 6) is 1.43. The van der Waals surface area contributed by atoms with E-state index < -0.39 is 0 Å². The zero-order chi connectivity index (χ0) is 19.2. The zero-order valence-corrected chi connectivity index (χ0v) is 16.2. The van der Waals surface area contributed by atoms with Crippen LogP contribution in [0.2, 0.25) is 0 Å². The molecule has 1 saturated heterocycles. The van der Waals surface area contributed by atoms with Crippen molar-refractivity contribution in [3.05, 3.63) is 52.4 Å². The molecular formula is C22H26N2O3. The van der Waals surface area contributed by atoms with Gasteiger partial charge in [0.1, 0.15) is 0 Å². The maximum Gasteiger partial charge on any atom is 0.253 e. The summed E-state index contributed by atoms with van der Waals surface area (Å²) in [6.07, 6.45) is 2.88. The Labute approximate surface area is 159 Å². The molecule has 1 aromatic heterocycles. The van der Waals surface area contributed by atoms with E-state index in [-0.39, 0.29) is 17.1 Å². The third kappa shape index (κ3) is 3.55. The molecule has 0 radical (unpaired) electrons. The van der Waals surface area contributed by atoms with Gasteiger partial charge in [0.2, 0.25) is 0 Å². The number of carbonyl (C=O) groups excluding carboxylic acids is 2. The van der Waals surface area contributed by atoms with Gasteiger partial charge in [0, 0.05) is 31.5 Å². The highest BCUT2D eigenvalue weighted by molar-refractivity contribution is 5.99. The van der Waals surface area contributed by atoms with Crippen molar-refractivity contribution in [2.75, 3.05) is 13.1 Å². The molecule has 1 fully saturated rings. The molecular weight excluding hydrogens is 340 g/mol. The lowest BCUT2D eigenvalue weighted by Crippen LogP contribution is -2.28. The molecule has 0 N–H and O–H groups in total. The van der Waals surface area contributed by atoms with Crippen LogP contribution in [-0.4, -0.2) is 34.8 Å². The van der Waals surface area contributed by atoms with Crippen molar-refractivity contribution in [3.63, 3.8) is 0 Å². The van der Waals surface area contributed by atoms with Crippen LogP contribution in [0.1, 0.15) is 71.3 Å². The Morgan fingerprint density at radius 3 is 2.67 bits per heavy atom. The lowest BCUT2D eigenvalue weighted by Gasteiger charge is -2.26. The fraction of sp³-hybridized carbons (Fsp3) is 0.500. The summed E-state index contributed by atoms with van der Waals surface area (Å²) in [4.78, 5) is 27.0. The molecule has 1 aliphatic heterocycles. The Balaban J connectivity index is 1.49. The van der Waals surface area contributed by atoms with E-state index in [4.69, 9.17) is 4.52 Å². The topological polar surface area (TPSA) is 63.4 Å². The molecule has 142 valence electrons. The van der Waals surface area contributed by atoms with Crippen LogP contribution < -0.4 is 0 Å². The summed E-state index contributed by atoms with van der Waals surface area (Å²) in [7, 11) is 0. The maximum atomic E-state index is 12.6. The van der Waals surface area contributed by atoms with Gasteiger partial charge in [-0.15, -0.1) is 0 Å². The number of Topliss-reactive ketones (excluding diaryl/α,β-unsaturated/α-hetero) is 1. The molecule has 1 atom stereocenters. The number of fused-ring (bicyclic) bond motifs is 1. The molecule has 27 heavy (non-hydrogen) atoms. The molecule has 2 aliphatic rings. The van der Waals surface area contributed by atoms with Crippen LogP contribution in [0, 0.1) is 11.3 Å². The fourth-order valence-electron chi connectivity index (χ4n) is 4.21. The maximum absolute atomic E-state index is 12.6. The Hall–Kier alpha value is -2.43. The largest absolute Gasteiger partial charge is 0.360 e. The normalized spacial score (nSPS) is 21.4. The fourth-order valence-corrected chi connectivity index (χ4v) is 4.21. The standard InChI is InChI=1S/C22H26N2O3/c1-14-8-9-24(13-14)21(26)16-6-4-15(5-7-16)10-19-20-17(23-27-19)11-22(2,3)12-18(20)25/h4-7,14H,8-13H2,1-3H3/t14-/m0/s1. The van der Waals surface area contributed by atoms with Crippen molar-refractivity contribution in [2.24, 2.45) is 11.3 Å². The van der Waals surface area contributed by atoms with Gasteiger partial charge in [-0.25, -0.2) is 0 Å². The molecule has 0 saturated carbocycles. The van der Waals surface area contributed by atoms with Gasteiger partial charge < -0.3 is 9.42 Å². The minimum absolute atomic E-state index is 0.0622. The Morgan fingerprint density at radius 2 is 2.00 bits per heavy atom. The van der Waals surface area contributed by atoms with Crippen molar-refractivity contribution in [3.8, 4) is 0 Å². The second-order valence-electron chi connectivity index (χ2n) is 8.89. The number of hydrogen-bond donors (Lipinski definition) is 0. The average Bonchev–Trinajstić information content (AvgIpc) is 3.20. The minimum atomic E-state index is -0.0622. The molecule has 1 aliphatic carbocycles. The van der Waals surface area contributed by atoms with E-state index in [1.807, 2.05) is 29.2 Å². The second kappa shape index (κ2) is 6.63. The SMILES string of the molecule is C[C@H]1CCN(C(=O)c2ccc(Cc3onc4c3C(=O)CC(C)(C)C4)cc2)C1. The number of ketones is 1. The van der Waals surface area contributed by atoms with Gasteiger partial charge in [0.15, 0.2) is 11.5 Å². The molecule has 1 amide bonds. The van der Waals surface area contributed by atoms with Gasteiger partial charge >= 0.3 is 0 Å². The number of benzene rings is 1. The molecule has 5 nitrogen and oxygen atoms in total. The second-order valence-corrected chi connectivity index (χ2v) is 8.89. The van der Waals surface area contributed by atoms with Crippen LogP contribution >= 0.6 is 0 Å². The number of rotatable bonds is 3. The highest BCUT2D eigenvalue weighted by atomic mass is 16.5. The van der Waals surface area contributed by atoms with Crippen molar-refractivity contribution < 1.29 is 14.1 Å². The van der Waals surface area contributed by atoms with E-state index in [0.29, 0.717) is 35.6 Å². The number of hydrogen-bond acceptors (Lipinski definition) is 4. The first-order valence-corrected chi connectivity index (χ1v) is 9.71. The van der Waals surface area contributed by atoms with Crippen LogP contribution in [-0.2, 0) is 12.8 Å². The number of carbonyl (C=O) groups is 2. The van der Waals surface area contributed by atoms with E-state index in [0.717, 1.165) is 37.2 Å². The molecule has 2 heterocycles. The Bertz CT molecular complexity index is 879. The van der Waals surface area contributed by atoms with Crippen molar-refractivity contribution in [1.82, 2.24) is 10.1 Å². The van der Waals surface area contributed by atoms with Crippen LogP contribution in [0.5, 0.6) is 0 Å². The number of amides is 1. The molecule has 2 aromatic rings. The number of nitrogens with zero attached hydrogens (tertiary/aromatic N) is 2. The van der Waals surface area contributed by atoms with E-state index in [2.05, 4.69) is 25.9 Å². The van der Waals surface area contributed by atoms with Crippen LogP contribution in [0.4, 0.5) is 0 Å². The van der Waals surface area contributed by atoms with Crippen molar-refractivity contribution in [1.29, 1.82) is 0 Å². The molecule has 0 spiro atoms. The van der Waals surface area contributed by atoms with Gasteiger partial charge in [0.25, 0.3) is 5.91 Å². The van der Waals surface area contributed by atoms with Crippen LogP contribution in [0.15, 0.2) is 28.8 Å². The van der Waals surface area contributed by atoms with Gasteiger partial charge in [-0.2, -0.15) is 0 Å². The highest BCUT2D eigenvalue weighted by Crippen LogP contribution is 2.36.